The summed E-state index contributed by atoms with van der Waals surface area (Å²) in [6.07, 6.45) is 0.915. The number of carbonyl (C=O) groups excluding carboxylic acids is 1. The second-order valence-electron chi connectivity index (χ2n) is 5.91. The van der Waals surface area contributed by atoms with E-state index in [2.05, 4.69) is 21.6 Å². The van der Waals surface area contributed by atoms with Crippen molar-refractivity contribution in [2.24, 2.45) is 0 Å². The first kappa shape index (κ1) is 17.8. The maximum atomic E-state index is 12.6. The van der Waals surface area contributed by atoms with Gasteiger partial charge in [-0.3, -0.25) is 4.79 Å². The Balaban J connectivity index is 1.37. The van der Waals surface area contributed by atoms with Gasteiger partial charge in [-0.15, -0.1) is 10.2 Å². The molecule has 8 heteroatoms. The highest BCUT2D eigenvalue weighted by atomic mass is 32.2. The lowest BCUT2D eigenvalue weighted by molar-refractivity contribution is -0.116. The number of amides is 1. The third kappa shape index (κ3) is 3.91. The number of ether oxygens (including phenoxy) is 1. The summed E-state index contributed by atoms with van der Waals surface area (Å²) >= 11 is 2.83. The van der Waals surface area contributed by atoms with Crippen LogP contribution in [0.2, 0.25) is 0 Å². The Hall–Kier alpha value is -2.58. The smallest absolute Gasteiger partial charge is 0.237 e. The van der Waals surface area contributed by atoms with E-state index in [1.165, 1.54) is 28.7 Å². The minimum absolute atomic E-state index is 0.0967. The van der Waals surface area contributed by atoms with E-state index >= 15 is 0 Å². The van der Waals surface area contributed by atoms with E-state index < -0.39 is 0 Å². The zero-order valence-corrected chi connectivity index (χ0v) is 16.3. The van der Waals surface area contributed by atoms with Crippen molar-refractivity contribution in [1.82, 2.24) is 10.2 Å². The second kappa shape index (κ2) is 7.98. The number of carbonyl (C=O) groups is 1. The highest BCUT2D eigenvalue weighted by molar-refractivity contribution is 8.01. The summed E-state index contributed by atoms with van der Waals surface area (Å²) in [6, 6.07) is 15.7. The van der Waals surface area contributed by atoms with Gasteiger partial charge in [0.2, 0.25) is 11.0 Å². The Kier molecular flexibility index (Phi) is 5.26. The first-order valence-electron chi connectivity index (χ1n) is 8.49. The summed E-state index contributed by atoms with van der Waals surface area (Å²) in [5.41, 5.74) is 3.09. The second-order valence-corrected chi connectivity index (χ2v) is 8.11. The Morgan fingerprint density at radius 1 is 1.22 bits per heavy atom. The number of para-hydroxylation sites is 3. The van der Waals surface area contributed by atoms with Crippen LogP contribution >= 0.6 is 23.1 Å². The van der Waals surface area contributed by atoms with Crippen molar-refractivity contribution in [2.75, 3.05) is 29.6 Å². The number of methoxy groups -OCH3 is 1. The molecule has 0 radical (unpaired) electrons. The van der Waals surface area contributed by atoms with E-state index in [0.29, 0.717) is 10.9 Å². The van der Waals surface area contributed by atoms with Gasteiger partial charge in [-0.1, -0.05) is 53.4 Å². The lowest BCUT2D eigenvalue weighted by atomic mass is 10.2. The first-order chi connectivity index (χ1) is 13.2. The number of benzene rings is 2. The quantitative estimate of drug-likeness (QED) is 0.634. The first-order valence-corrected chi connectivity index (χ1v) is 10.3. The Labute approximate surface area is 165 Å². The van der Waals surface area contributed by atoms with Gasteiger partial charge in [0.1, 0.15) is 5.75 Å². The predicted octanol–water partition coefficient (Wildman–Crippen LogP) is 3.97. The Morgan fingerprint density at radius 2 is 2.04 bits per heavy atom. The molecule has 0 saturated carbocycles. The lowest BCUT2D eigenvalue weighted by Gasteiger charge is -2.16. The minimum atomic E-state index is 0.0967. The van der Waals surface area contributed by atoms with Crippen LogP contribution in [0.15, 0.2) is 52.9 Å². The summed E-state index contributed by atoms with van der Waals surface area (Å²) in [7, 11) is 1.63. The molecule has 3 aromatic rings. The molecule has 0 atom stereocenters. The fourth-order valence-corrected chi connectivity index (χ4v) is 4.62. The molecule has 0 bridgehead atoms. The number of hydrogen-bond donors (Lipinski definition) is 1. The average Bonchev–Trinajstić information content (AvgIpc) is 3.33. The maximum absolute atomic E-state index is 12.6. The van der Waals surface area contributed by atoms with Gasteiger partial charge in [0.25, 0.3) is 0 Å². The predicted molar refractivity (Wildman–Crippen MR) is 109 cm³/mol. The largest absolute Gasteiger partial charge is 0.495 e. The van der Waals surface area contributed by atoms with Crippen LogP contribution < -0.4 is 15.0 Å². The molecule has 1 aliphatic heterocycles. The minimum Gasteiger partial charge on any atom is -0.495 e. The van der Waals surface area contributed by atoms with Crippen molar-refractivity contribution < 1.29 is 9.53 Å². The van der Waals surface area contributed by atoms with E-state index in [0.717, 1.165) is 34.4 Å². The van der Waals surface area contributed by atoms with Crippen molar-refractivity contribution in [3.63, 3.8) is 0 Å². The highest BCUT2D eigenvalue weighted by Gasteiger charge is 2.24. The molecule has 1 aliphatic rings. The number of anilines is 3. The molecule has 4 rings (SSSR count). The molecule has 0 fully saturated rings. The van der Waals surface area contributed by atoms with Crippen LogP contribution in [0.5, 0.6) is 5.75 Å². The van der Waals surface area contributed by atoms with Crippen LogP contribution in [0.3, 0.4) is 0 Å². The molecule has 0 unspecified atom stereocenters. The number of rotatable bonds is 6. The molecule has 0 saturated heterocycles. The molecule has 6 nitrogen and oxygen atoms in total. The molecular weight excluding hydrogens is 380 g/mol. The van der Waals surface area contributed by atoms with Crippen molar-refractivity contribution in [2.45, 2.75) is 10.8 Å². The Morgan fingerprint density at radius 3 is 2.93 bits per heavy atom. The third-order valence-corrected chi connectivity index (χ3v) is 6.22. The molecule has 1 aromatic heterocycles. The van der Waals surface area contributed by atoms with Crippen LogP contribution in [0.4, 0.5) is 16.5 Å². The molecule has 1 N–H and O–H groups in total. The van der Waals surface area contributed by atoms with Gasteiger partial charge in [-0.25, -0.2) is 0 Å². The molecule has 2 aromatic carbocycles. The van der Waals surface area contributed by atoms with Gasteiger partial charge in [0.15, 0.2) is 4.34 Å². The van der Waals surface area contributed by atoms with Gasteiger partial charge in [-0.2, -0.15) is 0 Å². The van der Waals surface area contributed by atoms with E-state index in [-0.39, 0.29) is 5.91 Å². The summed E-state index contributed by atoms with van der Waals surface area (Å²) in [5, 5.41) is 12.2. The molecule has 1 amide bonds. The number of nitrogens with zero attached hydrogens (tertiary/aromatic N) is 3. The zero-order valence-electron chi connectivity index (χ0n) is 14.7. The van der Waals surface area contributed by atoms with Crippen LogP contribution in [0.1, 0.15) is 5.56 Å². The SMILES string of the molecule is COc1ccccc1Nc1nnc(SCC(=O)N2CCc3ccccc32)s1. The summed E-state index contributed by atoms with van der Waals surface area (Å²) in [6.45, 7) is 0.746. The number of thioether (sulfide) groups is 1. The van der Waals surface area contributed by atoms with Crippen molar-refractivity contribution in [3.05, 3.63) is 54.1 Å². The molecular formula is C19H18N4O2S2. The van der Waals surface area contributed by atoms with Gasteiger partial charge < -0.3 is 15.0 Å². The summed E-state index contributed by atoms with van der Waals surface area (Å²) in [5.74, 6) is 1.18. The van der Waals surface area contributed by atoms with Gasteiger partial charge in [-0.05, 0) is 30.2 Å². The normalized spacial score (nSPS) is 12.7. The van der Waals surface area contributed by atoms with E-state index in [4.69, 9.17) is 4.74 Å². The fourth-order valence-electron chi connectivity index (χ4n) is 2.98. The third-order valence-electron chi connectivity index (χ3n) is 4.26. The number of nitrogens with one attached hydrogen (secondary N) is 1. The molecule has 27 heavy (non-hydrogen) atoms. The lowest BCUT2D eigenvalue weighted by Crippen LogP contribution is -2.30. The maximum Gasteiger partial charge on any atom is 0.237 e. The summed E-state index contributed by atoms with van der Waals surface area (Å²) < 4.78 is 6.09. The van der Waals surface area contributed by atoms with Crippen molar-refractivity contribution >= 4 is 45.5 Å². The van der Waals surface area contributed by atoms with Gasteiger partial charge in [0.05, 0.1) is 18.6 Å². The molecule has 138 valence electrons. The van der Waals surface area contributed by atoms with Crippen molar-refractivity contribution in [1.29, 1.82) is 0 Å². The van der Waals surface area contributed by atoms with Crippen LogP contribution in [0.25, 0.3) is 0 Å². The van der Waals surface area contributed by atoms with E-state index in [9.17, 15) is 4.79 Å². The highest BCUT2D eigenvalue weighted by Crippen LogP contribution is 2.32. The molecule has 2 heterocycles. The van der Waals surface area contributed by atoms with Crippen molar-refractivity contribution in [3.8, 4) is 5.75 Å². The van der Waals surface area contributed by atoms with E-state index in [1.54, 1.807) is 7.11 Å². The fraction of sp³-hybridized carbons (Fsp3) is 0.211. The van der Waals surface area contributed by atoms with Crippen LogP contribution in [0, 0.1) is 0 Å². The van der Waals surface area contributed by atoms with E-state index in [1.807, 2.05) is 47.4 Å². The average molecular weight is 399 g/mol. The zero-order chi connectivity index (χ0) is 18.6. The van der Waals surface area contributed by atoms with Gasteiger partial charge in [0, 0.05) is 12.2 Å². The summed E-state index contributed by atoms with van der Waals surface area (Å²) in [4.78, 5) is 14.5. The number of aromatic nitrogens is 2. The van der Waals surface area contributed by atoms with Gasteiger partial charge >= 0.3 is 0 Å². The topological polar surface area (TPSA) is 67.3 Å². The standard InChI is InChI=1S/C19H18N4O2S2/c1-25-16-9-5-3-7-14(16)20-18-21-22-19(27-18)26-12-17(24)23-11-10-13-6-2-4-8-15(13)23/h2-9H,10-12H2,1H3,(H,20,21). The molecule has 0 spiro atoms. The number of fused-ring (bicyclic) bond motifs is 1. The molecule has 0 aliphatic carbocycles. The monoisotopic (exact) mass is 398 g/mol. The Bertz CT molecular complexity index is 960. The van der Waals surface area contributed by atoms with Crippen LogP contribution in [-0.4, -0.2) is 35.5 Å². The number of hydrogen-bond acceptors (Lipinski definition) is 7. The van der Waals surface area contributed by atoms with Crippen LogP contribution in [-0.2, 0) is 11.2 Å².